The number of ether oxygens (including phenoxy) is 1. The first kappa shape index (κ1) is 18.7. The number of benzene rings is 2. The number of nitrogens with zero attached hydrogens (tertiary/aromatic N) is 2. The minimum atomic E-state index is -0.426. The number of carbonyl (C=O) groups excluding carboxylic acids is 1. The Labute approximate surface area is 158 Å². The van der Waals surface area contributed by atoms with E-state index < -0.39 is 4.92 Å². The van der Waals surface area contributed by atoms with Crippen LogP contribution in [0.4, 0.5) is 11.4 Å². The second kappa shape index (κ2) is 8.53. The van der Waals surface area contributed by atoms with E-state index in [-0.39, 0.29) is 17.6 Å². The summed E-state index contributed by atoms with van der Waals surface area (Å²) < 4.78 is 5.19. The number of carbonyl (C=O) groups is 1. The van der Waals surface area contributed by atoms with Crippen LogP contribution in [0.1, 0.15) is 30.9 Å². The van der Waals surface area contributed by atoms with Gasteiger partial charge in [-0.25, -0.2) is 0 Å². The molecule has 0 aliphatic carbocycles. The molecule has 7 nitrogen and oxygen atoms in total. The monoisotopic (exact) mass is 369 g/mol. The smallest absolute Gasteiger partial charge is 0.292 e. The first-order valence-corrected chi connectivity index (χ1v) is 9.01. The van der Waals surface area contributed by atoms with E-state index in [9.17, 15) is 14.9 Å². The summed E-state index contributed by atoms with van der Waals surface area (Å²) in [7, 11) is 1.63. The molecule has 3 rings (SSSR count). The summed E-state index contributed by atoms with van der Waals surface area (Å²) in [6, 6.07) is 14.4. The second-order valence-electron chi connectivity index (χ2n) is 6.47. The van der Waals surface area contributed by atoms with Crippen LogP contribution in [0.3, 0.4) is 0 Å². The van der Waals surface area contributed by atoms with E-state index in [0.717, 1.165) is 30.7 Å². The lowest BCUT2D eigenvalue weighted by Gasteiger charge is -2.25. The van der Waals surface area contributed by atoms with E-state index in [1.165, 1.54) is 6.07 Å². The summed E-state index contributed by atoms with van der Waals surface area (Å²) in [5, 5.41) is 14.1. The maximum Gasteiger partial charge on any atom is 0.292 e. The molecule has 1 aliphatic heterocycles. The maximum atomic E-state index is 12.7. The van der Waals surface area contributed by atoms with Crippen molar-refractivity contribution in [3.63, 3.8) is 0 Å². The average molecular weight is 369 g/mol. The predicted molar refractivity (Wildman–Crippen MR) is 103 cm³/mol. The van der Waals surface area contributed by atoms with Crippen LogP contribution in [0.15, 0.2) is 48.5 Å². The van der Waals surface area contributed by atoms with Crippen molar-refractivity contribution >= 4 is 17.3 Å². The molecule has 7 heteroatoms. The van der Waals surface area contributed by atoms with Crippen molar-refractivity contribution < 1.29 is 14.5 Å². The molecular formula is C20H23N3O4. The summed E-state index contributed by atoms with van der Waals surface area (Å²) in [4.78, 5) is 25.2. The fourth-order valence-electron chi connectivity index (χ4n) is 3.47. The SMILES string of the molecule is COc1ccc(C2CCCN2C(=O)CCNc2ccccc2[N+](=O)[O-])cc1. The third-order valence-electron chi connectivity index (χ3n) is 4.83. The molecule has 1 unspecified atom stereocenters. The van der Waals surface area contributed by atoms with Gasteiger partial charge in [-0.3, -0.25) is 14.9 Å². The Morgan fingerprint density at radius 2 is 2.00 bits per heavy atom. The first-order chi connectivity index (χ1) is 13.1. The molecule has 142 valence electrons. The van der Waals surface area contributed by atoms with Gasteiger partial charge in [0.1, 0.15) is 11.4 Å². The number of anilines is 1. The molecule has 0 saturated carbocycles. The van der Waals surface area contributed by atoms with Gasteiger partial charge in [-0.1, -0.05) is 24.3 Å². The summed E-state index contributed by atoms with van der Waals surface area (Å²) in [5.74, 6) is 0.850. The van der Waals surface area contributed by atoms with E-state index in [1.807, 2.05) is 29.2 Å². The van der Waals surface area contributed by atoms with Crippen LogP contribution in [0, 0.1) is 10.1 Å². The Balaban J connectivity index is 1.59. The van der Waals surface area contributed by atoms with E-state index in [0.29, 0.717) is 18.7 Å². The topological polar surface area (TPSA) is 84.7 Å². The predicted octanol–water partition coefficient (Wildman–Crippen LogP) is 3.77. The largest absolute Gasteiger partial charge is 0.497 e. The first-order valence-electron chi connectivity index (χ1n) is 9.01. The molecule has 2 aromatic carbocycles. The highest BCUT2D eigenvalue weighted by atomic mass is 16.6. The summed E-state index contributed by atoms with van der Waals surface area (Å²) in [5.41, 5.74) is 1.55. The third kappa shape index (κ3) is 4.36. The number of nitrogens with one attached hydrogen (secondary N) is 1. The number of rotatable bonds is 7. The van der Waals surface area contributed by atoms with Gasteiger partial charge in [0.25, 0.3) is 5.69 Å². The molecule has 0 radical (unpaired) electrons. The van der Waals surface area contributed by atoms with Crippen molar-refractivity contribution in [1.29, 1.82) is 0 Å². The zero-order chi connectivity index (χ0) is 19.2. The van der Waals surface area contributed by atoms with Crippen LogP contribution in [-0.4, -0.2) is 35.9 Å². The molecule has 1 amide bonds. The van der Waals surface area contributed by atoms with E-state index in [4.69, 9.17) is 4.74 Å². The summed E-state index contributed by atoms with van der Waals surface area (Å²) in [6.07, 6.45) is 2.20. The molecule has 1 atom stereocenters. The molecule has 27 heavy (non-hydrogen) atoms. The van der Waals surface area contributed by atoms with Crippen LogP contribution in [-0.2, 0) is 4.79 Å². The maximum absolute atomic E-state index is 12.7. The number of nitro benzene ring substituents is 1. The fraction of sp³-hybridized carbons (Fsp3) is 0.350. The van der Waals surface area contributed by atoms with Gasteiger partial charge in [-0.05, 0) is 36.6 Å². The molecule has 1 saturated heterocycles. The highest BCUT2D eigenvalue weighted by molar-refractivity contribution is 5.78. The fourth-order valence-corrected chi connectivity index (χ4v) is 3.47. The number of hydrogen-bond acceptors (Lipinski definition) is 5. The lowest BCUT2D eigenvalue weighted by atomic mass is 10.0. The molecular weight excluding hydrogens is 346 g/mol. The zero-order valence-corrected chi connectivity index (χ0v) is 15.3. The second-order valence-corrected chi connectivity index (χ2v) is 6.47. The Morgan fingerprint density at radius 3 is 2.70 bits per heavy atom. The highest BCUT2D eigenvalue weighted by Gasteiger charge is 2.29. The number of nitro groups is 1. The average Bonchev–Trinajstić information content (AvgIpc) is 3.18. The molecule has 0 spiro atoms. The number of amides is 1. The number of likely N-dealkylation sites (tertiary alicyclic amines) is 1. The lowest BCUT2D eigenvalue weighted by Crippen LogP contribution is -2.31. The van der Waals surface area contributed by atoms with Gasteiger partial charge in [0, 0.05) is 25.6 Å². The quantitative estimate of drug-likeness (QED) is 0.593. The molecule has 0 aromatic heterocycles. The van der Waals surface area contributed by atoms with Crippen LogP contribution < -0.4 is 10.1 Å². The Hall–Kier alpha value is -3.09. The van der Waals surface area contributed by atoms with Gasteiger partial charge in [-0.2, -0.15) is 0 Å². The number of methoxy groups -OCH3 is 1. The summed E-state index contributed by atoms with van der Waals surface area (Å²) in [6.45, 7) is 1.09. The van der Waals surface area contributed by atoms with Crippen LogP contribution in [0.5, 0.6) is 5.75 Å². The van der Waals surface area contributed by atoms with Gasteiger partial charge in [0.05, 0.1) is 18.1 Å². The Bertz CT molecular complexity index is 807. The minimum absolute atomic E-state index is 0.0160. The molecule has 0 bridgehead atoms. The zero-order valence-electron chi connectivity index (χ0n) is 15.3. The third-order valence-corrected chi connectivity index (χ3v) is 4.83. The van der Waals surface area contributed by atoms with Crippen LogP contribution >= 0.6 is 0 Å². The van der Waals surface area contributed by atoms with Crippen molar-refractivity contribution in [3.05, 3.63) is 64.2 Å². The van der Waals surface area contributed by atoms with E-state index >= 15 is 0 Å². The Kier molecular flexibility index (Phi) is 5.90. The van der Waals surface area contributed by atoms with Gasteiger partial charge >= 0.3 is 0 Å². The van der Waals surface area contributed by atoms with Crippen molar-refractivity contribution in [2.24, 2.45) is 0 Å². The standard InChI is InChI=1S/C20H23N3O4/c1-27-16-10-8-15(9-11-16)18-7-4-14-22(18)20(24)12-13-21-17-5-2-3-6-19(17)23(25)26/h2-3,5-6,8-11,18,21H,4,7,12-14H2,1H3. The number of para-hydroxylation sites is 2. The molecule has 2 aromatic rings. The van der Waals surface area contributed by atoms with Crippen LogP contribution in [0.2, 0.25) is 0 Å². The van der Waals surface area contributed by atoms with Crippen molar-refractivity contribution in [2.75, 3.05) is 25.5 Å². The molecule has 1 N–H and O–H groups in total. The minimum Gasteiger partial charge on any atom is -0.497 e. The normalized spacial score (nSPS) is 16.2. The molecule has 1 aliphatic rings. The van der Waals surface area contributed by atoms with Gasteiger partial charge < -0.3 is 15.0 Å². The van der Waals surface area contributed by atoms with Gasteiger partial charge in [0.15, 0.2) is 0 Å². The highest BCUT2D eigenvalue weighted by Crippen LogP contribution is 2.33. The number of hydrogen-bond donors (Lipinski definition) is 1. The van der Waals surface area contributed by atoms with Gasteiger partial charge in [0.2, 0.25) is 5.91 Å². The molecule has 1 fully saturated rings. The van der Waals surface area contributed by atoms with Crippen molar-refractivity contribution in [3.8, 4) is 5.75 Å². The Morgan fingerprint density at radius 1 is 1.26 bits per heavy atom. The van der Waals surface area contributed by atoms with Gasteiger partial charge in [-0.15, -0.1) is 0 Å². The summed E-state index contributed by atoms with van der Waals surface area (Å²) >= 11 is 0. The van der Waals surface area contributed by atoms with E-state index in [2.05, 4.69) is 5.32 Å². The lowest BCUT2D eigenvalue weighted by molar-refractivity contribution is -0.384. The van der Waals surface area contributed by atoms with Crippen LogP contribution in [0.25, 0.3) is 0 Å². The van der Waals surface area contributed by atoms with Crippen molar-refractivity contribution in [2.45, 2.75) is 25.3 Å². The van der Waals surface area contributed by atoms with E-state index in [1.54, 1.807) is 25.3 Å². The molecule has 1 heterocycles. The van der Waals surface area contributed by atoms with Crippen molar-refractivity contribution in [1.82, 2.24) is 4.90 Å².